The van der Waals surface area contributed by atoms with Crippen molar-refractivity contribution in [2.75, 3.05) is 0 Å². The monoisotopic (exact) mass is 222 g/mol. The fourth-order valence-electron chi connectivity index (χ4n) is 0.614. The van der Waals surface area contributed by atoms with Gasteiger partial charge in [-0.15, -0.1) is 0 Å². The molecular weight excluding hydrogens is 212 g/mol. The highest BCUT2D eigenvalue weighted by molar-refractivity contribution is 9.10. The van der Waals surface area contributed by atoms with E-state index in [1.165, 1.54) is 0 Å². The molecule has 1 atom stereocenters. The van der Waals surface area contributed by atoms with Gasteiger partial charge in [0.1, 0.15) is 5.78 Å². The molecule has 0 aliphatic rings. The molecule has 0 fully saturated rings. The Morgan fingerprint density at radius 1 is 1.45 bits per heavy atom. The van der Waals surface area contributed by atoms with Crippen LogP contribution >= 0.6 is 15.9 Å². The van der Waals surface area contributed by atoms with Gasteiger partial charge in [0.15, 0.2) is 0 Å². The lowest BCUT2D eigenvalue weighted by Crippen LogP contribution is -2.13. The van der Waals surface area contributed by atoms with Gasteiger partial charge in [-0.25, -0.2) is 0 Å². The van der Waals surface area contributed by atoms with E-state index in [4.69, 9.17) is 5.11 Å². The highest BCUT2D eigenvalue weighted by Gasteiger charge is 2.12. The van der Waals surface area contributed by atoms with E-state index in [0.29, 0.717) is 6.42 Å². The van der Waals surface area contributed by atoms with E-state index in [0.717, 1.165) is 0 Å². The van der Waals surface area contributed by atoms with Crippen molar-refractivity contribution in [3.8, 4) is 0 Å². The van der Waals surface area contributed by atoms with Crippen LogP contribution in [0, 0.1) is 0 Å². The summed E-state index contributed by atoms with van der Waals surface area (Å²) in [7, 11) is 0. The second-order valence-electron chi connectivity index (χ2n) is 2.24. The number of halogens is 1. The zero-order valence-electron chi connectivity index (χ0n) is 6.34. The number of hydrogen-bond acceptors (Lipinski definition) is 2. The zero-order valence-corrected chi connectivity index (χ0v) is 7.93. The van der Waals surface area contributed by atoms with E-state index < -0.39 is 5.97 Å². The van der Waals surface area contributed by atoms with Crippen molar-refractivity contribution in [3.63, 3.8) is 0 Å². The minimum absolute atomic E-state index is 0.0325. The van der Waals surface area contributed by atoms with E-state index in [1.807, 2.05) is 6.92 Å². The molecule has 0 rings (SSSR count). The van der Waals surface area contributed by atoms with Crippen LogP contribution in [0.5, 0.6) is 0 Å². The Morgan fingerprint density at radius 3 is 2.36 bits per heavy atom. The Hall–Kier alpha value is -0.380. The van der Waals surface area contributed by atoms with E-state index in [9.17, 15) is 9.59 Å². The van der Waals surface area contributed by atoms with Crippen molar-refractivity contribution in [1.29, 1.82) is 0 Å². The Labute approximate surface area is 73.9 Å². The van der Waals surface area contributed by atoms with Gasteiger partial charge in [-0.1, -0.05) is 22.9 Å². The number of ketones is 1. The summed E-state index contributed by atoms with van der Waals surface area (Å²) in [4.78, 5) is 20.8. The number of rotatable bonds is 5. The predicted molar refractivity (Wildman–Crippen MR) is 44.9 cm³/mol. The van der Waals surface area contributed by atoms with Gasteiger partial charge >= 0.3 is 5.97 Å². The molecule has 0 aromatic rings. The molecular formula is C7H11BrO3. The smallest absolute Gasteiger partial charge is 0.303 e. The molecule has 0 aromatic carbocycles. The average Bonchev–Trinajstić information content (AvgIpc) is 1.98. The van der Waals surface area contributed by atoms with Gasteiger partial charge in [0, 0.05) is 6.42 Å². The van der Waals surface area contributed by atoms with Crippen molar-refractivity contribution >= 4 is 27.7 Å². The van der Waals surface area contributed by atoms with Crippen molar-refractivity contribution in [2.24, 2.45) is 0 Å². The van der Waals surface area contributed by atoms with E-state index in [2.05, 4.69) is 15.9 Å². The lowest BCUT2D eigenvalue weighted by molar-refractivity contribution is -0.138. The second kappa shape index (κ2) is 5.29. The lowest BCUT2D eigenvalue weighted by Gasteiger charge is -2.02. The maximum Gasteiger partial charge on any atom is 0.303 e. The number of alkyl halides is 1. The normalized spacial score (nSPS) is 12.5. The first-order chi connectivity index (χ1) is 5.07. The van der Waals surface area contributed by atoms with Crippen molar-refractivity contribution in [2.45, 2.75) is 31.0 Å². The fourth-order valence-corrected chi connectivity index (χ4v) is 0.843. The number of carboxylic acids is 1. The van der Waals surface area contributed by atoms with Gasteiger partial charge in [0.05, 0.1) is 11.2 Å². The first kappa shape index (κ1) is 10.6. The van der Waals surface area contributed by atoms with E-state index in [1.54, 1.807) is 0 Å². The van der Waals surface area contributed by atoms with Gasteiger partial charge in [0.25, 0.3) is 0 Å². The summed E-state index contributed by atoms with van der Waals surface area (Å²) in [6, 6.07) is 0. The Kier molecular flexibility index (Phi) is 5.11. The molecule has 0 aromatic heterocycles. The largest absolute Gasteiger partial charge is 0.481 e. The molecule has 64 valence electrons. The van der Waals surface area contributed by atoms with Crippen LogP contribution in [-0.4, -0.2) is 21.7 Å². The van der Waals surface area contributed by atoms with Crippen molar-refractivity contribution < 1.29 is 14.7 Å². The average molecular weight is 223 g/mol. The molecule has 1 N–H and O–H groups in total. The first-order valence-corrected chi connectivity index (χ1v) is 4.38. The summed E-state index contributed by atoms with van der Waals surface area (Å²) < 4.78 is 0. The van der Waals surface area contributed by atoms with Gasteiger partial charge in [0.2, 0.25) is 0 Å². The molecule has 0 saturated heterocycles. The standard InChI is InChI=1S/C7H11BrO3/c1-2-5(8)6(9)3-4-7(10)11/h5H,2-4H2,1H3,(H,10,11). The van der Waals surface area contributed by atoms with Crippen LogP contribution in [0.2, 0.25) is 0 Å². The lowest BCUT2D eigenvalue weighted by atomic mass is 10.1. The van der Waals surface area contributed by atoms with E-state index >= 15 is 0 Å². The molecule has 0 aliphatic heterocycles. The fraction of sp³-hybridized carbons (Fsp3) is 0.714. The minimum Gasteiger partial charge on any atom is -0.481 e. The molecule has 3 nitrogen and oxygen atoms in total. The van der Waals surface area contributed by atoms with E-state index in [-0.39, 0.29) is 23.5 Å². The highest BCUT2D eigenvalue weighted by atomic mass is 79.9. The van der Waals surface area contributed by atoms with Crippen LogP contribution < -0.4 is 0 Å². The maximum atomic E-state index is 11.0. The number of carbonyl (C=O) groups excluding carboxylic acids is 1. The molecule has 1 unspecified atom stereocenters. The SMILES string of the molecule is CCC(Br)C(=O)CCC(=O)O. The molecule has 0 radical (unpaired) electrons. The molecule has 0 amide bonds. The van der Waals surface area contributed by atoms with Crippen LogP contribution in [-0.2, 0) is 9.59 Å². The zero-order chi connectivity index (χ0) is 8.85. The summed E-state index contributed by atoms with van der Waals surface area (Å²) in [5, 5.41) is 8.25. The third kappa shape index (κ3) is 4.95. The summed E-state index contributed by atoms with van der Waals surface area (Å²) in [6.45, 7) is 1.87. The molecule has 0 aliphatic carbocycles. The van der Waals surface area contributed by atoms with Crippen LogP contribution in [0.1, 0.15) is 26.2 Å². The molecule has 0 heterocycles. The number of carbonyl (C=O) groups is 2. The number of hydrogen-bond donors (Lipinski definition) is 1. The van der Waals surface area contributed by atoms with Gasteiger partial charge in [-0.3, -0.25) is 9.59 Å². The Balaban J connectivity index is 3.60. The minimum atomic E-state index is -0.922. The molecule has 4 heteroatoms. The second-order valence-corrected chi connectivity index (χ2v) is 3.34. The summed E-state index contributed by atoms with van der Waals surface area (Å²) in [5.74, 6) is -0.955. The summed E-state index contributed by atoms with van der Waals surface area (Å²) >= 11 is 3.15. The first-order valence-electron chi connectivity index (χ1n) is 3.46. The predicted octanol–water partition coefficient (Wildman–Crippen LogP) is 1.59. The van der Waals surface area contributed by atoms with Crippen LogP contribution in [0.25, 0.3) is 0 Å². The number of Topliss-reactive ketones (excluding diaryl/α,β-unsaturated/α-hetero) is 1. The third-order valence-electron chi connectivity index (χ3n) is 1.29. The molecule has 11 heavy (non-hydrogen) atoms. The van der Waals surface area contributed by atoms with Crippen molar-refractivity contribution in [3.05, 3.63) is 0 Å². The van der Waals surface area contributed by atoms with Gasteiger partial charge in [-0.05, 0) is 6.42 Å². The Bertz CT molecular complexity index is 156. The maximum absolute atomic E-state index is 11.0. The molecule has 0 saturated carbocycles. The van der Waals surface area contributed by atoms with Crippen LogP contribution in [0.4, 0.5) is 0 Å². The third-order valence-corrected chi connectivity index (χ3v) is 2.45. The van der Waals surface area contributed by atoms with Gasteiger partial charge < -0.3 is 5.11 Å². The van der Waals surface area contributed by atoms with Crippen molar-refractivity contribution in [1.82, 2.24) is 0 Å². The number of aliphatic carboxylic acids is 1. The summed E-state index contributed by atoms with van der Waals surface area (Å²) in [6.07, 6.45) is 0.762. The highest BCUT2D eigenvalue weighted by Crippen LogP contribution is 2.09. The van der Waals surface area contributed by atoms with Crippen LogP contribution in [0.15, 0.2) is 0 Å². The molecule has 0 bridgehead atoms. The quantitative estimate of drug-likeness (QED) is 0.720. The topological polar surface area (TPSA) is 54.4 Å². The Morgan fingerprint density at radius 2 is 2.00 bits per heavy atom. The molecule has 0 spiro atoms. The summed E-state index contributed by atoms with van der Waals surface area (Å²) in [5.41, 5.74) is 0. The van der Waals surface area contributed by atoms with Crippen LogP contribution in [0.3, 0.4) is 0 Å². The number of carboxylic acid groups (broad SMARTS) is 1. The van der Waals surface area contributed by atoms with Gasteiger partial charge in [-0.2, -0.15) is 0 Å².